The molecular formula is C19H21N4NaO4S. The number of nitrogens with zero attached hydrogens (tertiary/aromatic N) is 3. The van der Waals surface area contributed by atoms with Crippen LogP contribution in [0, 0.1) is 11.8 Å². The number of carboxylic acids is 1. The summed E-state index contributed by atoms with van der Waals surface area (Å²) in [5, 5.41) is 21.6. The fourth-order valence-corrected chi connectivity index (χ4v) is 5.45. The van der Waals surface area contributed by atoms with Crippen LogP contribution >= 0.6 is 11.8 Å². The average molecular weight is 424 g/mol. The third-order valence-electron chi connectivity index (χ3n) is 5.54. The zero-order valence-corrected chi connectivity index (χ0v) is 19.3. The number of aryl methyl sites for hydroxylation is 1. The maximum atomic E-state index is 12.3. The minimum atomic E-state index is -1.36. The third kappa shape index (κ3) is 3.48. The number of carbonyl (C=O) groups is 2. The Morgan fingerprint density at radius 2 is 2.17 bits per heavy atom. The van der Waals surface area contributed by atoms with E-state index in [1.54, 1.807) is 6.92 Å². The molecule has 0 unspecified atom stereocenters. The number of aliphatic carboxylic acids is 1. The SMILES string of the molecule is C[C@@H](O)[C@H]1C(=O)N2C(C(=O)[O-])=C(SCCc3nc4ccccn4c3N)[C@H](C)[C@H]12.[Na+]. The molecule has 148 valence electrons. The summed E-state index contributed by atoms with van der Waals surface area (Å²) >= 11 is 1.38. The first-order valence-electron chi connectivity index (χ1n) is 9.13. The predicted molar refractivity (Wildman–Crippen MR) is 103 cm³/mol. The van der Waals surface area contributed by atoms with Crippen LogP contribution in [0.4, 0.5) is 5.82 Å². The van der Waals surface area contributed by atoms with Crippen molar-refractivity contribution in [1.29, 1.82) is 0 Å². The van der Waals surface area contributed by atoms with Crippen molar-refractivity contribution in [2.45, 2.75) is 32.4 Å². The number of aliphatic hydroxyl groups is 1. The van der Waals surface area contributed by atoms with Crippen LogP contribution in [0.1, 0.15) is 19.5 Å². The molecule has 3 N–H and O–H groups in total. The molecule has 2 aliphatic heterocycles. The number of nitrogens with two attached hydrogens (primary N) is 1. The van der Waals surface area contributed by atoms with Gasteiger partial charge in [-0.15, -0.1) is 11.8 Å². The number of carbonyl (C=O) groups excluding carboxylic acids is 2. The number of aliphatic hydroxyl groups excluding tert-OH is 1. The van der Waals surface area contributed by atoms with Gasteiger partial charge in [0.05, 0.1) is 35.4 Å². The molecule has 4 rings (SSSR count). The van der Waals surface area contributed by atoms with Gasteiger partial charge in [-0.3, -0.25) is 9.20 Å². The summed E-state index contributed by atoms with van der Waals surface area (Å²) in [6, 6.07) is 5.30. The van der Waals surface area contributed by atoms with Gasteiger partial charge in [-0.1, -0.05) is 13.0 Å². The number of pyridine rings is 1. The molecule has 10 heteroatoms. The zero-order chi connectivity index (χ0) is 20.2. The van der Waals surface area contributed by atoms with Gasteiger partial charge in [0, 0.05) is 29.2 Å². The van der Waals surface area contributed by atoms with Gasteiger partial charge in [0.15, 0.2) is 0 Å². The minimum Gasteiger partial charge on any atom is -0.543 e. The van der Waals surface area contributed by atoms with Crippen molar-refractivity contribution in [2.75, 3.05) is 11.5 Å². The normalized spacial score (nSPS) is 24.3. The quantitative estimate of drug-likeness (QED) is 0.375. The minimum absolute atomic E-state index is 0. The van der Waals surface area contributed by atoms with E-state index in [1.807, 2.05) is 35.7 Å². The first-order chi connectivity index (χ1) is 13.3. The van der Waals surface area contributed by atoms with Gasteiger partial charge < -0.3 is 25.6 Å². The van der Waals surface area contributed by atoms with Crippen molar-refractivity contribution in [3.8, 4) is 0 Å². The summed E-state index contributed by atoms with van der Waals surface area (Å²) in [4.78, 5) is 30.4. The van der Waals surface area contributed by atoms with Crippen LogP contribution in [0.25, 0.3) is 5.65 Å². The van der Waals surface area contributed by atoms with Crippen LogP contribution in [-0.4, -0.2) is 49.2 Å². The number of β-lactam (4-membered cyclic amide) rings is 1. The molecule has 1 fully saturated rings. The number of aromatic nitrogens is 2. The van der Waals surface area contributed by atoms with E-state index in [-0.39, 0.29) is 53.1 Å². The molecule has 0 spiro atoms. The molecular weight excluding hydrogens is 403 g/mol. The second-order valence-electron chi connectivity index (χ2n) is 7.23. The van der Waals surface area contributed by atoms with E-state index in [9.17, 15) is 19.8 Å². The number of imidazole rings is 1. The first kappa shape index (κ1) is 22.2. The number of hydrogen-bond acceptors (Lipinski definition) is 7. The predicted octanol–water partition coefficient (Wildman–Crippen LogP) is -2.98. The fourth-order valence-electron chi connectivity index (χ4n) is 4.21. The second kappa shape index (κ2) is 8.31. The molecule has 0 saturated carbocycles. The van der Waals surface area contributed by atoms with Gasteiger partial charge in [-0.2, -0.15) is 0 Å². The van der Waals surface area contributed by atoms with Gasteiger partial charge in [0.25, 0.3) is 0 Å². The molecule has 1 saturated heterocycles. The van der Waals surface area contributed by atoms with E-state index in [0.29, 0.717) is 22.9 Å². The Labute approximate surface area is 194 Å². The number of rotatable bonds is 6. The Morgan fingerprint density at radius 3 is 2.79 bits per heavy atom. The molecule has 2 aromatic heterocycles. The van der Waals surface area contributed by atoms with Gasteiger partial charge in [0.1, 0.15) is 11.5 Å². The third-order valence-corrected chi connectivity index (χ3v) is 6.83. The maximum Gasteiger partial charge on any atom is 1.00 e. The molecule has 4 atom stereocenters. The fraction of sp³-hybridized carbons (Fsp3) is 0.421. The summed E-state index contributed by atoms with van der Waals surface area (Å²) in [5.41, 5.74) is 7.61. The van der Waals surface area contributed by atoms with Crippen LogP contribution in [0.3, 0.4) is 0 Å². The number of thioether (sulfide) groups is 1. The number of hydrogen-bond donors (Lipinski definition) is 2. The van der Waals surface area contributed by atoms with Crippen LogP contribution in [0.15, 0.2) is 35.0 Å². The van der Waals surface area contributed by atoms with Gasteiger partial charge >= 0.3 is 29.6 Å². The smallest absolute Gasteiger partial charge is 0.543 e. The summed E-state index contributed by atoms with van der Waals surface area (Å²) < 4.78 is 1.81. The number of amides is 1. The van der Waals surface area contributed by atoms with E-state index in [0.717, 1.165) is 11.3 Å². The standard InChI is InChI=1S/C19H22N4O4S.Na/c1-9-14-13(10(2)24)18(25)23(14)15(19(26)27)16(9)28-8-6-11-17(20)22-7-4-3-5-12(22)21-11;/h3-5,7,9-10,13-14,24H,6,8,20H2,1-2H3,(H,26,27);/q;+1/p-1/t9-,10-,13-,14-;/m1./s1. The van der Waals surface area contributed by atoms with Gasteiger partial charge in [-0.25, -0.2) is 4.98 Å². The molecule has 8 nitrogen and oxygen atoms in total. The van der Waals surface area contributed by atoms with Crippen molar-refractivity contribution in [2.24, 2.45) is 11.8 Å². The van der Waals surface area contributed by atoms with Crippen molar-refractivity contribution >= 4 is 35.1 Å². The topological polar surface area (TPSA) is 124 Å². The van der Waals surface area contributed by atoms with Crippen LogP contribution in [0.5, 0.6) is 0 Å². The molecule has 2 aromatic rings. The molecule has 0 aliphatic carbocycles. The molecule has 0 radical (unpaired) electrons. The maximum absolute atomic E-state index is 12.3. The average Bonchev–Trinajstić information content (AvgIpc) is 3.08. The summed E-state index contributed by atoms with van der Waals surface area (Å²) in [7, 11) is 0. The number of carboxylic acid groups (broad SMARTS) is 1. The second-order valence-corrected chi connectivity index (χ2v) is 8.36. The van der Waals surface area contributed by atoms with Crippen molar-refractivity contribution < 1.29 is 49.4 Å². The van der Waals surface area contributed by atoms with Gasteiger partial charge in [0.2, 0.25) is 5.91 Å². The van der Waals surface area contributed by atoms with Crippen molar-refractivity contribution in [1.82, 2.24) is 14.3 Å². The summed E-state index contributed by atoms with van der Waals surface area (Å²) in [6.07, 6.45) is 1.59. The number of nitrogen functional groups attached to an aromatic ring is 1. The van der Waals surface area contributed by atoms with Crippen LogP contribution < -0.4 is 40.4 Å². The van der Waals surface area contributed by atoms with Crippen molar-refractivity contribution in [3.63, 3.8) is 0 Å². The molecule has 0 bridgehead atoms. The van der Waals surface area contributed by atoms with Gasteiger partial charge in [-0.05, 0) is 19.1 Å². The van der Waals surface area contributed by atoms with Crippen LogP contribution in [-0.2, 0) is 16.0 Å². The summed E-state index contributed by atoms with van der Waals surface area (Å²) in [6.45, 7) is 3.44. The Kier molecular flexibility index (Phi) is 6.35. The van der Waals surface area contributed by atoms with E-state index < -0.39 is 18.0 Å². The molecule has 4 heterocycles. The van der Waals surface area contributed by atoms with E-state index >= 15 is 0 Å². The Balaban J connectivity index is 0.00000240. The monoisotopic (exact) mass is 424 g/mol. The molecule has 1 amide bonds. The largest absolute Gasteiger partial charge is 1.00 e. The molecule has 29 heavy (non-hydrogen) atoms. The Bertz CT molecular complexity index is 1010. The molecule has 2 aliphatic rings. The van der Waals surface area contributed by atoms with Crippen LogP contribution in [0.2, 0.25) is 0 Å². The number of fused-ring (bicyclic) bond motifs is 2. The zero-order valence-electron chi connectivity index (χ0n) is 16.5. The van der Waals surface area contributed by atoms with E-state index in [2.05, 4.69) is 4.98 Å². The Hall–Kier alpha value is -1.52. The van der Waals surface area contributed by atoms with E-state index in [4.69, 9.17) is 5.73 Å². The first-order valence-corrected chi connectivity index (χ1v) is 10.1. The molecule has 0 aromatic carbocycles. The number of anilines is 1. The van der Waals surface area contributed by atoms with Crippen molar-refractivity contribution in [3.05, 3.63) is 40.7 Å². The summed E-state index contributed by atoms with van der Waals surface area (Å²) in [5.74, 6) is -1.32. The Morgan fingerprint density at radius 1 is 1.45 bits per heavy atom. The van der Waals surface area contributed by atoms with E-state index in [1.165, 1.54) is 16.7 Å².